The molecule has 23 heavy (non-hydrogen) atoms. The third-order valence-electron chi connectivity index (χ3n) is 4.05. The van der Waals surface area contributed by atoms with Crippen LogP contribution in [0.3, 0.4) is 0 Å². The molecule has 5 nitrogen and oxygen atoms in total. The number of piperidine rings is 1. The molecule has 1 aromatic rings. The van der Waals surface area contributed by atoms with Gasteiger partial charge in [-0.05, 0) is 43.5 Å². The molecule has 0 aliphatic carbocycles. The highest BCUT2D eigenvalue weighted by Gasteiger charge is 2.28. The number of hydrogen-bond donors (Lipinski definition) is 1. The lowest BCUT2D eigenvalue weighted by Crippen LogP contribution is -2.47. The first-order chi connectivity index (χ1) is 10.7. The highest BCUT2D eigenvalue weighted by Crippen LogP contribution is 2.19. The van der Waals surface area contributed by atoms with Gasteiger partial charge in [0.25, 0.3) is 0 Å². The fourth-order valence-corrected chi connectivity index (χ4v) is 4.31. The van der Waals surface area contributed by atoms with Gasteiger partial charge in [-0.3, -0.25) is 4.79 Å². The molecule has 0 radical (unpaired) electrons. The molecule has 2 rings (SSSR count). The zero-order valence-electron chi connectivity index (χ0n) is 13.7. The number of amides is 1. The van der Waals surface area contributed by atoms with Crippen molar-refractivity contribution in [3.05, 3.63) is 29.6 Å². The van der Waals surface area contributed by atoms with Crippen LogP contribution in [0.4, 0.5) is 4.39 Å². The SMILES string of the molecule is Cc1cc(F)ccc1S(=O)(=O)NC1CCN(C(=O)C(C)C)CC1. The van der Waals surface area contributed by atoms with Gasteiger partial charge in [0.1, 0.15) is 5.82 Å². The van der Waals surface area contributed by atoms with Gasteiger partial charge >= 0.3 is 0 Å². The Balaban J connectivity index is 2.01. The molecule has 0 bridgehead atoms. The second-order valence-electron chi connectivity index (χ2n) is 6.29. The predicted molar refractivity (Wildman–Crippen MR) is 85.9 cm³/mol. The smallest absolute Gasteiger partial charge is 0.241 e. The number of sulfonamides is 1. The van der Waals surface area contributed by atoms with E-state index in [1.165, 1.54) is 12.1 Å². The summed E-state index contributed by atoms with van der Waals surface area (Å²) < 4.78 is 40.7. The van der Waals surface area contributed by atoms with E-state index in [4.69, 9.17) is 0 Å². The van der Waals surface area contributed by atoms with Crippen LogP contribution < -0.4 is 4.72 Å². The average Bonchev–Trinajstić information content (AvgIpc) is 2.46. The van der Waals surface area contributed by atoms with Crippen molar-refractivity contribution in [3.8, 4) is 0 Å². The first-order valence-corrected chi connectivity index (χ1v) is 9.26. The summed E-state index contributed by atoms with van der Waals surface area (Å²) in [5, 5.41) is 0. The molecule has 0 aromatic heterocycles. The summed E-state index contributed by atoms with van der Waals surface area (Å²) in [4.78, 5) is 13.8. The van der Waals surface area contributed by atoms with Gasteiger partial charge in [-0.25, -0.2) is 17.5 Å². The van der Waals surface area contributed by atoms with E-state index in [9.17, 15) is 17.6 Å². The number of nitrogens with zero attached hydrogens (tertiary/aromatic N) is 1. The minimum atomic E-state index is -3.68. The van der Waals surface area contributed by atoms with Crippen molar-refractivity contribution in [1.29, 1.82) is 0 Å². The van der Waals surface area contributed by atoms with Gasteiger partial charge in [0.05, 0.1) is 4.90 Å². The third kappa shape index (κ3) is 4.29. The molecule has 0 saturated carbocycles. The zero-order valence-corrected chi connectivity index (χ0v) is 14.5. The highest BCUT2D eigenvalue weighted by atomic mass is 32.2. The number of rotatable bonds is 4. The van der Waals surface area contributed by atoms with E-state index in [1.807, 2.05) is 13.8 Å². The van der Waals surface area contributed by atoms with Gasteiger partial charge < -0.3 is 4.90 Å². The predicted octanol–water partition coefficient (Wildman–Crippen LogP) is 2.06. The summed E-state index contributed by atoms with van der Waals surface area (Å²) in [5.74, 6) is -0.409. The van der Waals surface area contributed by atoms with Crippen molar-refractivity contribution < 1.29 is 17.6 Å². The maximum Gasteiger partial charge on any atom is 0.241 e. The minimum absolute atomic E-state index is 0.0508. The minimum Gasteiger partial charge on any atom is -0.342 e. The van der Waals surface area contributed by atoms with E-state index in [0.29, 0.717) is 31.5 Å². The maximum absolute atomic E-state index is 13.1. The van der Waals surface area contributed by atoms with Crippen LogP contribution in [0, 0.1) is 18.7 Å². The summed E-state index contributed by atoms with van der Waals surface area (Å²) >= 11 is 0. The summed E-state index contributed by atoms with van der Waals surface area (Å²) in [6.45, 7) is 6.38. The van der Waals surface area contributed by atoms with E-state index >= 15 is 0 Å². The number of likely N-dealkylation sites (tertiary alicyclic amines) is 1. The van der Waals surface area contributed by atoms with Crippen LogP contribution in [-0.2, 0) is 14.8 Å². The second-order valence-corrected chi connectivity index (χ2v) is 7.97. The Morgan fingerprint density at radius 3 is 2.43 bits per heavy atom. The molecular formula is C16H23FN2O3S. The van der Waals surface area contributed by atoms with Crippen LogP contribution in [0.2, 0.25) is 0 Å². The molecule has 1 fully saturated rings. The Morgan fingerprint density at radius 2 is 1.91 bits per heavy atom. The number of hydrogen-bond acceptors (Lipinski definition) is 3. The average molecular weight is 342 g/mol. The first-order valence-electron chi connectivity index (χ1n) is 7.78. The van der Waals surface area contributed by atoms with Crippen LogP contribution in [0.15, 0.2) is 23.1 Å². The monoisotopic (exact) mass is 342 g/mol. The molecule has 7 heteroatoms. The Hall–Kier alpha value is -1.47. The van der Waals surface area contributed by atoms with Gasteiger partial charge in [-0.15, -0.1) is 0 Å². The van der Waals surface area contributed by atoms with Crippen molar-refractivity contribution in [2.75, 3.05) is 13.1 Å². The Bertz CT molecular complexity index is 681. The van der Waals surface area contributed by atoms with Crippen LogP contribution in [0.25, 0.3) is 0 Å². The number of carbonyl (C=O) groups is 1. The lowest BCUT2D eigenvalue weighted by molar-refractivity contribution is -0.135. The van der Waals surface area contributed by atoms with Gasteiger partial charge in [0.15, 0.2) is 0 Å². The van der Waals surface area contributed by atoms with E-state index in [1.54, 1.807) is 11.8 Å². The fourth-order valence-electron chi connectivity index (χ4n) is 2.78. The number of aryl methyl sites for hydroxylation is 1. The quantitative estimate of drug-likeness (QED) is 0.911. The van der Waals surface area contributed by atoms with Crippen LogP contribution in [0.1, 0.15) is 32.3 Å². The number of benzene rings is 1. The zero-order chi connectivity index (χ0) is 17.2. The van der Waals surface area contributed by atoms with Crippen LogP contribution in [-0.4, -0.2) is 38.4 Å². The molecule has 1 aliphatic heterocycles. The van der Waals surface area contributed by atoms with Gasteiger partial charge in [-0.2, -0.15) is 0 Å². The van der Waals surface area contributed by atoms with Gasteiger partial charge in [0.2, 0.25) is 15.9 Å². The molecule has 1 heterocycles. The summed E-state index contributed by atoms with van der Waals surface area (Å²) in [5.41, 5.74) is 0.380. The Labute approximate surface area is 136 Å². The van der Waals surface area contributed by atoms with Crippen LogP contribution >= 0.6 is 0 Å². The van der Waals surface area contributed by atoms with Gasteiger partial charge in [-0.1, -0.05) is 13.8 Å². The van der Waals surface area contributed by atoms with Crippen molar-refractivity contribution in [2.45, 2.75) is 44.6 Å². The first kappa shape index (κ1) is 17.9. The largest absolute Gasteiger partial charge is 0.342 e. The summed E-state index contributed by atoms with van der Waals surface area (Å²) in [6.07, 6.45) is 1.16. The number of carbonyl (C=O) groups excluding carboxylic acids is 1. The molecule has 128 valence electrons. The molecule has 0 atom stereocenters. The molecule has 1 N–H and O–H groups in total. The van der Waals surface area contributed by atoms with E-state index in [0.717, 1.165) is 6.07 Å². The Morgan fingerprint density at radius 1 is 1.30 bits per heavy atom. The number of nitrogens with one attached hydrogen (secondary N) is 1. The maximum atomic E-state index is 13.1. The van der Waals surface area contributed by atoms with Crippen molar-refractivity contribution in [2.24, 2.45) is 5.92 Å². The molecule has 1 amide bonds. The van der Waals surface area contributed by atoms with Crippen molar-refractivity contribution in [1.82, 2.24) is 9.62 Å². The Kier molecular flexibility index (Phi) is 5.41. The normalized spacial score (nSPS) is 16.8. The van der Waals surface area contributed by atoms with Crippen molar-refractivity contribution in [3.63, 3.8) is 0 Å². The molecular weight excluding hydrogens is 319 g/mol. The number of halogens is 1. The molecule has 0 unspecified atom stereocenters. The topological polar surface area (TPSA) is 66.5 Å². The van der Waals surface area contributed by atoms with Crippen LogP contribution in [0.5, 0.6) is 0 Å². The second kappa shape index (κ2) is 6.97. The molecule has 1 saturated heterocycles. The molecule has 1 aliphatic rings. The lowest BCUT2D eigenvalue weighted by atomic mass is 10.0. The molecule has 0 spiro atoms. The van der Waals surface area contributed by atoms with Crippen molar-refractivity contribution >= 4 is 15.9 Å². The standard InChI is InChI=1S/C16H23FN2O3S/c1-11(2)16(20)19-8-6-14(7-9-19)18-23(21,22)15-5-4-13(17)10-12(15)3/h4-5,10-11,14,18H,6-9H2,1-3H3. The molecule has 1 aromatic carbocycles. The third-order valence-corrected chi connectivity index (χ3v) is 5.73. The van der Waals surface area contributed by atoms with E-state index in [2.05, 4.69) is 4.72 Å². The fraction of sp³-hybridized carbons (Fsp3) is 0.562. The lowest BCUT2D eigenvalue weighted by Gasteiger charge is -2.33. The highest BCUT2D eigenvalue weighted by molar-refractivity contribution is 7.89. The van der Waals surface area contributed by atoms with E-state index in [-0.39, 0.29) is 22.8 Å². The summed E-state index contributed by atoms with van der Waals surface area (Å²) in [6, 6.07) is 3.43. The summed E-state index contributed by atoms with van der Waals surface area (Å²) in [7, 11) is -3.68. The van der Waals surface area contributed by atoms with Gasteiger partial charge in [0, 0.05) is 25.0 Å². The van der Waals surface area contributed by atoms with E-state index < -0.39 is 15.8 Å².